The number of phenolic OH excluding ortho intramolecular Hbond substituents is 2. The molecule has 0 heterocycles. The van der Waals surface area contributed by atoms with Gasteiger partial charge in [0.15, 0.2) is 0 Å². The molecule has 0 fully saturated rings. The molecule has 0 unspecified atom stereocenters. The van der Waals surface area contributed by atoms with E-state index in [1.807, 2.05) is 43.3 Å². The number of benzene rings is 2. The van der Waals surface area contributed by atoms with Crippen molar-refractivity contribution in [3.05, 3.63) is 47.0 Å². The van der Waals surface area contributed by atoms with Crippen LogP contribution in [-0.2, 0) is 0 Å². The van der Waals surface area contributed by atoms with Crippen LogP contribution < -0.4 is 0 Å². The van der Waals surface area contributed by atoms with E-state index in [0.717, 1.165) is 16.5 Å². The number of hydrogen-bond donors (Lipinski definition) is 2. The number of phenols is 2. The Labute approximate surface area is 120 Å². The van der Waals surface area contributed by atoms with Gasteiger partial charge < -0.3 is 10.2 Å². The third kappa shape index (κ3) is 2.40. The highest BCUT2D eigenvalue weighted by atomic mass is 32.2. The van der Waals surface area contributed by atoms with E-state index in [9.17, 15) is 10.2 Å². The van der Waals surface area contributed by atoms with Crippen molar-refractivity contribution in [2.24, 2.45) is 0 Å². The summed E-state index contributed by atoms with van der Waals surface area (Å²) in [7, 11) is 0. The van der Waals surface area contributed by atoms with Crippen LogP contribution in [0.1, 0.15) is 16.7 Å². The van der Waals surface area contributed by atoms with Crippen molar-refractivity contribution >= 4 is 11.8 Å². The highest BCUT2D eigenvalue weighted by Crippen LogP contribution is 2.41. The molecule has 0 saturated carbocycles. The van der Waals surface area contributed by atoms with Crippen molar-refractivity contribution in [2.45, 2.75) is 16.7 Å². The first-order chi connectivity index (χ1) is 9.58. The minimum Gasteiger partial charge on any atom is -0.506 e. The van der Waals surface area contributed by atoms with Gasteiger partial charge in [-0.05, 0) is 18.6 Å². The standard InChI is InChI=1S/C15H10N2O2S/c1-9-4-2-3-5-14(9)20-15-10(7-16)12(18)6-13(19)11(15)8-17/h2-6,18-19H,1H3. The molecule has 0 aromatic heterocycles. The van der Waals surface area contributed by atoms with E-state index in [1.165, 1.54) is 11.8 Å². The molecule has 2 rings (SSSR count). The van der Waals surface area contributed by atoms with E-state index < -0.39 is 0 Å². The second-order valence-electron chi connectivity index (χ2n) is 4.09. The lowest BCUT2D eigenvalue weighted by molar-refractivity contribution is 0.445. The molecule has 2 aromatic carbocycles. The predicted octanol–water partition coefficient (Wildman–Crippen LogP) is 3.30. The molecule has 20 heavy (non-hydrogen) atoms. The summed E-state index contributed by atoms with van der Waals surface area (Å²) in [5.41, 5.74) is 0.966. The molecule has 5 heteroatoms. The molecule has 4 nitrogen and oxygen atoms in total. The summed E-state index contributed by atoms with van der Waals surface area (Å²) in [6, 6.07) is 12.2. The van der Waals surface area contributed by atoms with Gasteiger partial charge >= 0.3 is 0 Å². The highest BCUT2D eigenvalue weighted by Gasteiger charge is 2.19. The molecule has 0 saturated heterocycles. The second kappa shape index (κ2) is 5.56. The van der Waals surface area contributed by atoms with E-state index >= 15 is 0 Å². The van der Waals surface area contributed by atoms with Gasteiger partial charge in [-0.2, -0.15) is 10.5 Å². The minimum absolute atomic E-state index is 0.00685. The summed E-state index contributed by atoms with van der Waals surface area (Å²) >= 11 is 1.18. The number of rotatable bonds is 2. The van der Waals surface area contributed by atoms with Gasteiger partial charge in [0.05, 0.1) is 4.90 Å². The Morgan fingerprint density at radius 2 is 1.55 bits per heavy atom. The van der Waals surface area contributed by atoms with Crippen molar-refractivity contribution in [1.29, 1.82) is 10.5 Å². The maximum atomic E-state index is 9.73. The van der Waals surface area contributed by atoms with Crippen LogP contribution in [0.5, 0.6) is 11.5 Å². The van der Waals surface area contributed by atoms with Crippen molar-refractivity contribution < 1.29 is 10.2 Å². The lowest BCUT2D eigenvalue weighted by Crippen LogP contribution is -1.91. The van der Waals surface area contributed by atoms with Gasteiger partial charge in [0.25, 0.3) is 0 Å². The third-order valence-corrected chi connectivity index (χ3v) is 4.06. The van der Waals surface area contributed by atoms with Crippen LogP contribution in [0, 0.1) is 29.6 Å². The van der Waals surface area contributed by atoms with Crippen LogP contribution in [0.15, 0.2) is 40.1 Å². The van der Waals surface area contributed by atoms with E-state index in [2.05, 4.69) is 0 Å². The molecule has 98 valence electrons. The quantitative estimate of drug-likeness (QED) is 0.882. The second-order valence-corrected chi connectivity index (χ2v) is 5.14. The van der Waals surface area contributed by atoms with Gasteiger partial charge in [0.1, 0.15) is 34.8 Å². The summed E-state index contributed by atoms with van der Waals surface area (Å²) in [5, 5.41) is 37.8. The number of aryl methyl sites for hydroxylation is 1. The van der Waals surface area contributed by atoms with Crippen LogP contribution in [0.3, 0.4) is 0 Å². The zero-order valence-corrected chi connectivity index (χ0v) is 11.4. The average molecular weight is 282 g/mol. The van der Waals surface area contributed by atoms with Crippen LogP contribution in [0.2, 0.25) is 0 Å². The lowest BCUT2D eigenvalue weighted by Gasteiger charge is -2.11. The molecule has 0 amide bonds. The third-order valence-electron chi connectivity index (χ3n) is 2.77. The average Bonchev–Trinajstić information content (AvgIpc) is 2.41. The number of nitrogens with zero attached hydrogens (tertiary/aromatic N) is 2. The molecular weight excluding hydrogens is 272 g/mol. The Kier molecular flexibility index (Phi) is 3.84. The molecule has 0 bridgehead atoms. The molecule has 0 radical (unpaired) electrons. The largest absolute Gasteiger partial charge is 0.506 e. The van der Waals surface area contributed by atoms with E-state index in [1.54, 1.807) is 0 Å². The first-order valence-electron chi connectivity index (χ1n) is 5.71. The molecule has 0 aliphatic rings. The Bertz CT molecular complexity index is 719. The van der Waals surface area contributed by atoms with Crippen LogP contribution in [-0.4, -0.2) is 10.2 Å². The van der Waals surface area contributed by atoms with E-state index in [0.29, 0.717) is 0 Å². The molecule has 0 aliphatic carbocycles. The summed E-state index contributed by atoms with van der Waals surface area (Å²) < 4.78 is 0. The molecular formula is C15H10N2O2S. The lowest BCUT2D eigenvalue weighted by atomic mass is 10.1. The van der Waals surface area contributed by atoms with E-state index in [-0.39, 0.29) is 27.5 Å². The van der Waals surface area contributed by atoms with Crippen molar-refractivity contribution in [1.82, 2.24) is 0 Å². The zero-order chi connectivity index (χ0) is 14.7. The summed E-state index contributed by atoms with van der Waals surface area (Å²) in [5.74, 6) is -0.667. The maximum Gasteiger partial charge on any atom is 0.138 e. The van der Waals surface area contributed by atoms with Crippen LogP contribution in [0.25, 0.3) is 0 Å². The Morgan fingerprint density at radius 1 is 1.00 bits per heavy atom. The van der Waals surface area contributed by atoms with Crippen molar-refractivity contribution in [3.8, 4) is 23.6 Å². The maximum absolute atomic E-state index is 9.73. The normalized spacial score (nSPS) is 9.75. The number of nitriles is 2. The molecule has 2 aromatic rings. The summed E-state index contributed by atoms with van der Waals surface area (Å²) in [4.78, 5) is 1.12. The van der Waals surface area contributed by atoms with Gasteiger partial charge in [-0.15, -0.1) is 0 Å². The molecule has 0 aliphatic heterocycles. The fourth-order valence-electron chi connectivity index (χ4n) is 1.73. The highest BCUT2D eigenvalue weighted by molar-refractivity contribution is 7.99. The fraction of sp³-hybridized carbons (Fsp3) is 0.0667. The molecule has 0 spiro atoms. The van der Waals surface area contributed by atoms with Crippen molar-refractivity contribution in [2.75, 3.05) is 0 Å². The summed E-state index contributed by atoms with van der Waals surface area (Å²) in [6.45, 7) is 1.91. The Morgan fingerprint density at radius 3 is 2.05 bits per heavy atom. The van der Waals surface area contributed by atoms with Gasteiger partial charge in [-0.1, -0.05) is 30.0 Å². The first kappa shape index (κ1) is 13.8. The first-order valence-corrected chi connectivity index (χ1v) is 6.52. The topological polar surface area (TPSA) is 88.0 Å². The monoisotopic (exact) mass is 282 g/mol. The SMILES string of the molecule is Cc1ccccc1Sc1c(C#N)c(O)cc(O)c1C#N. The van der Waals surface area contributed by atoms with Crippen molar-refractivity contribution in [3.63, 3.8) is 0 Å². The fourth-order valence-corrected chi connectivity index (χ4v) is 2.83. The zero-order valence-electron chi connectivity index (χ0n) is 10.6. The Balaban J connectivity index is 2.65. The van der Waals surface area contributed by atoms with Gasteiger partial charge in [0, 0.05) is 11.0 Å². The molecule has 0 atom stereocenters. The number of hydrogen-bond acceptors (Lipinski definition) is 5. The van der Waals surface area contributed by atoms with Crippen LogP contribution >= 0.6 is 11.8 Å². The number of aromatic hydroxyl groups is 2. The van der Waals surface area contributed by atoms with Gasteiger partial charge in [-0.3, -0.25) is 0 Å². The predicted molar refractivity (Wildman–Crippen MR) is 74.5 cm³/mol. The summed E-state index contributed by atoms with van der Waals surface area (Å²) in [6.07, 6.45) is 0. The van der Waals surface area contributed by atoms with E-state index in [4.69, 9.17) is 10.5 Å². The minimum atomic E-state index is -0.333. The van der Waals surface area contributed by atoms with Gasteiger partial charge in [-0.25, -0.2) is 0 Å². The molecule has 2 N–H and O–H groups in total. The van der Waals surface area contributed by atoms with Crippen LogP contribution in [0.4, 0.5) is 0 Å². The smallest absolute Gasteiger partial charge is 0.138 e. The Hall–Kier alpha value is -2.63. The van der Waals surface area contributed by atoms with Gasteiger partial charge in [0.2, 0.25) is 0 Å².